The first-order chi connectivity index (χ1) is 14.0. The van der Waals surface area contributed by atoms with Gasteiger partial charge in [-0.25, -0.2) is 14.8 Å². The molecule has 0 saturated heterocycles. The molecule has 3 aromatic rings. The Labute approximate surface area is 167 Å². The second-order valence-corrected chi connectivity index (χ2v) is 6.15. The van der Waals surface area contributed by atoms with E-state index in [1.54, 1.807) is 31.4 Å². The number of nitrogens with zero attached hydrogens (tertiary/aromatic N) is 2. The maximum Gasteiger partial charge on any atom is 0.337 e. The summed E-state index contributed by atoms with van der Waals surface area (Å²) in [5.41, 5.74) is 3.02. The number of rotatable bonds is 6. The first kappa shape index (κ1) is 19.8. The predicted octanol–water partition coefficient (Wildman–Crippen LogP) is 3.58. The first-order valence-electron chi connectivity index (χ1n) is 8.73. The number of ether oxygens (including phenoxy) is 2. The van der Waals surface area contributed by atoms with Crippen molar-refractivity contribution in [3.8, 4) is 5.75 Å². The van der Waals surface area contributed by atoms with E-state index in [0.717, 1.165) is 11.3 Å². The zero-order valence-corrected chi connectivity index (χ0v) is 16.2. The van der Waals surface area contributed by atoms with Crippen molar-refractivity contribution in [1.29, 1.82) is 0 Å². The number of aryl methyl sites for hydroxylation is 1. The number of benzene rings is 2. The number of anilines is 3. The second kappa shape index (κ2) is 8.83. The van der Waals surface area contributed by atoms with Crippen LogP contribution in [-0.4, -0.2) is 36.1 Å². The molecule has 1 aromatic heterocycles. The van der Waals surface area contributed by atoms with E-state index in [9.17, 15) is 9.59 Å². The summed E-state index contributed by atoms with van der Waals surface area (Å²) in [7, 11) is 2.90. The van der Waals surface area contributed by atoms with Gasteiger partial charge in [-0.05, 0) is 48.9 Å². The number of esters is 1. The Kier molecular flexibility index (Phi) is 6.03. The molecule has 148 valence electrons. The van der Waals surface area contributed by atoms with Crippen LogP contribution in [0.1, 0.15) is 26.3 Å². The van der Waals surface area contributed by atoms with Gasteiger partial charge in [-0.1, -0.05) is 6.07 Å². The van der Waals surface area contributed by atoms with Crippen molar-refractivity contribution in [2.24, 2.45) is 0 Å². The van der Waals surface area contributed by atoms with Gasteiger partial charge in [0.05, 0.1) is 31.0 Å². The number of amides is 1. The van der Waals surface area contributed by atoms with Gasteiger partial charge in [0, 0.05) is 18.1 Å². The van der Waals surface area contributed by atoms with Gasteiger partial charge in [-0.3, -0.25) is 4.79 Å². The molecule has 3 rings (SSSR count). The molecule has 0 unspecified atom stereocenters. The lowest BCUT2D eigenvalue weighted by atomic mass is 10.2. The fourth-order valence-corrected chi connectivity index (χ4v) is 2.56. The van der Waals surface area contributed by atoms with Crippen LogP contribution in [0.2, 0.25) is 0 Å². The van der Waals surface area contributed by atoms with E-state index in [1.165, 1.54) is 19.5 Å². The Morgan fingerprint density at radius 1 is 0.931 bits per heavy atom. The molecule has 0 aliphatic carbocycles. The monoisotopic (exact) mass is 392 g/mol. The van der Waals surface area contributed by atoms with Crippen molar-refractivity contribution in [2.75, 3.05) is 24.9 Å². The number of hydrogen-bond donors (Lipinski definition) is 2. The lowest BCUT2D eigenvalue weighted by molar-refractivity contribution is 0.0600. The van der Waals surface area contributed by atoms with E-state index in [-0.39, 0.29) is 5.91 Å². The molecular weight excluding hydrogens is 372 g/mol. The maximum atomic E-state index is 12.4. The van der Waals surface area contributed by atoms with Gasteiger partial charge in [-0.15, -0.1) is 0 Å². The van der Waals surface area contributed by atoms with Crippen LogP contribution < -0.4 is 15.4 Å². The van der Waals surface area contributed by atoms with E-state index >= 15 is 0 Å². The van der Waals surface area contributed by atoms with Gasteiger partial charge >= 0.3 is 5.97 Å². The highest BCUT2D eigenvalue weighted by molar-refractivity contribution is 6.04. The van der Waals surface area contributed by atoms with E-state index in [1.807, 2.05) is 25.1 Å². The molecular formula is C21H20N4O4. The van der Waals surface area contributed by atoms with Crippen LogP contribution in [0.15, 0.2) is 54.9 Å². The zero-order valence-electron chi connectivity index (χ0n) is 16.2. The average molecular weight is 392 g/mol. The third-order valence-corrected chi connectivity index (χ3v) is 4.08. The molecule has 0 radical (unpaired) electrons. The van der Waals surface area contributed by atoms with Gasteiger partial charge in [0.25, 0.3) is 5.91 Å². The standard InChI is InChI=1S/C21H20N4O4/c1-13-4-9-18(28-2)17(10-13)25-21-22-11-15(12-23-21)19(26)24-16-7-5-14(6-8-16)20(27)29-3/h4-12H,1-3H3,(H,24,26)(H,22,23,25). The Hall–Kier alpha value is -3.94. The van der Waals surface area contributed by atoms with Crippen molar-refractivity contribution in [3.63, 3.8) is 0 Å². The summed E-state index contributed by atoms with van der Waals surface area (Å²) in [6.07, 6.45) is 2.85. The molecule has 0 fully saturated rings. The quantitative estimate of drug-likeness (QED) is 0.618. The third-order valence-electron chi connectivity index (χ3n) is 4.08. The molecule has 2 N–H and O–H groups in total. The first-order valence-corrected chi connectivity index (χ1v) is 8.73. The molecule has 0 aliphatic heterocycles. The van der Waals surface area contributed by atoms with Crippen LogP contribution in [0, 0.1) is 6.92 Å². The molecule has 29 heavy (non-hydrogen) atoms. The van der Waals surface area contributed by atoms with Gasteiger partial charge in [0.15, 0.2) is 0 Å². The Bertz CT molecular complexity index is 1020. The lowest BCUT2D eigenvalue weighted by Crippen LogP contribution is -2.13. The Balaban J connectivity index is 1.67. The van der Waals surface area contributed by atoms with Crippen LogP contribution in [0.5, 0.6) is 5.75 Å². The maximum absolute atomic E-state index is 12.4. The van der Waals surface area contributed by atoms with E-state index in [2.05, 4.69) is 25.3 Å². The van der Waals surface area contributed by atoms with E-state index < -0.39 is 5.97 Å². The van der Waals surface area contributed by atoms with Crippen LogP contribution in [0.3, 0.4) is 0 Å². The number of carbonyl (C=O) groups excluding carboxylic acids is 2. The third kappa shape index (κ3) is 4.86. The van der Waals surface area contributed by atoms with Crippen LogP contribution in [-0.2, 0) is 4.74 Å². The van der Waals surface area contributed by atoms with Crippen LogP contribution in [0.25, 0.3) is 0 Å². The van der Waals surface area contributed by atoms with E-state index in [0.29, 0.717) is 28.5 Å². The Morgan fingerprint density at radius 3 is 2.24 bits per heavy atom. The largest absolute Gasteiger partial charge is 0.495 e. The minimum atomic E-state index is -0.440. The molecule has 1 heterocycles. The molecule has 0 bridgehead atoms. The molecule has 8 nitrogen and oxygen atoms in total. The topological polar surface area (TPSA) is 102 Å². The summed E-state index contributed by atoms with van der Waals surface area (Å²) in [5, 5.41) is 5.81. The van der Waals surface area contributed by atoms with Crippen molar-refractivity contribution >= 4 is 29.2 Å². The normalized spacial score (nSPS) is 10.2. The predicted molar refractivity (Wildman–Crippen MR) is 109 cm³/mol. The number of hydrogen-bond acceptors (Lipinski definition) is 7. The number of nitrogens with one attached hydrogen (secondary N) is 2. The van der Waals surface area contributed by atoms with Crippen molar-refractivity contribution < 1.29 is 19.1 Å². The fourth-order valence-electron chi connectivity index (χ4n) is 2.56. The highest BCUT2D eigenvalue weighted by atomic mass is 16.5. The smallest absolute Gasteiger partial charge is 0.337 e. The Morgan fingerprint density at radius 2 is 1.62 bits per heavy atom. The van der Waals surface area contributed by atoms with Crippen molar-refractivity contribution in [1.82, 2.24) is 9.97 Å². The minimum absolute atomic E-state index is 0.295. The van der Waals surface area contributed by atoms with Crippen LogP contribution >= 0.6 is 0 Å². The van der Waals surface area contributed by atoms with Gasteiger partial charge < -0.3 is 20.1 Å². The summed E-state index contributed by atoms with van der Waals surface area (Å²) in [6, 6.07) is 12.1. The number of methoxy groups -OCH3 is 2. The molecule has 1 amide bonds. The van der Waals surface area contributed by atoms with Crippen molar-refractivity contribution in [3.05, 3.63) is 71.5 Å². The summed E-state index contributed by atoms with van der Waals surface area (Å²) >= 11 is 0. The SMILES string of the molecule is COC(=O)c1ccc(NC(=O)c2cnc(Nc3cc(C)ccc3OC)nc2)cc1. The molecule has 0 aliphatic rings. The summed E-state index contributed by atoms with van der Waals surface area (Å²) in [4.78, 5) is 32.2. The molecule has 0 spiro atoms. The minimum Gasteiger partial charge on any atom is -0.495 e. The highest BCUT2D eigenvalue weighted by Crippen LogP contribution is 2.27. The molecule has 8 heteroatoms. The van der Waals surface area contributed by atoms with Gasteiger partial charge in [0.2, 0.25) is 5.95 Å². The molecule has 2 aromatic carbocycles. The second-order valence-electron chi connectivity index (χ2n) is 6.15. The summed E-state index contributed by atoms with van der Waals surface area (Å²) < 4.78 is 9.96. The van der Waals surface area contributed by atoms with Gasteiger partial charge in [-0.2, -0.15) is 0 Å². The average Bonchev–Trinajstić information content (AvgIpc) is 2.74. The zero-order chi connectivity index (χ0) is 20.8. The summed E-state index contributed by atoms with van der Waals surface area (Å²) in [6.45, 7) is 1.97. The van der Waals surface area contributed by atoms with Crippen LogP contribution in [0.4, 0.5) is 17.3 Å². The number of aromatic nitrogens is 2. The molecule has 0 atom stereocenters. The van der Waals surface area contributed by atoms with Crippen molar-refractivity contribution in [2.45, 2.75) is 6.92 Å². The molecule has 0 saturated carbocycles. The van der Waals surface area contributed by atoms with Gasteiger partial charge in [0.1, 0.15) is 5.75 Å². The lowest BCUT2D eigenvalue weighted by Gasteiger charge is -2.11. The van der Waals surface area contributed by atoms with E-state index in [4.69, 9.17) is 4.74 Å². The fraction of sp³-hybridized carbons (Fsp3) is 0.143. The number of carbonyl (C=O) groups is 2. The highest BCUT2D eigenvalue weighted by Gasteiger charge is 2.11. The summed E-state index contributed by atoms with van der Waals surface area (Å²) in [5.74, 6) is 0.199.